The van der Waals surface area contributed by atoms with Crippen LogP contribution in [-0.2, 0) is 4.79 Å². The van der Waals surface area contributed by atoms with Gasteiger partial charge in [-0.15, -0.1) is 0 Å². The fourth-order valence-corrected chi connectivity index (χ4v) is 1.58. The van der Waals surface area contributed by atoms with Crippen LogP contribution in [0.4, 0.5) is 5.69 Å². The number of anilines is 1. The Kier molecular flexibility index (Phi) is 5.20. The number of amides is 1. The van der Waals surface area contributed by atoms with Crippen LogP contribution in [0.15, 0.2) is 24.3 Å². The van der Waals surface area contributed by atoms with Crippen LogP contribution in [0.2, 0.25) is 0 Å². The molecule has 2 heteroatoms. The van der Waals surface area contributed by atoms with Crippen molar-refractivity contribution < 1.29 is 4.79 Å². The maximum atomic E-state index is 11.7. The summed E-state index contributed by atoms with van der Waals surface area (Å²) in [7, 11) is 0. The van der Waals surface area contributed by atoms with E-state index in [1.165, 1.54) is 5.56 Å². The molecule has 1 aromatic carbocycles. The van der Waals surface area contributed by atoms with Gasteiger partial charge in [-0.3, -0.25) is 4.79 Å². The molecule has 1 aromatic rings. The van der Waals surface area contributed by atoms with E-state index in [2.05, 4.69) is 31.3 Å². The molecular weight excluding hydrogens is 210 g/mol. The normalized spacial score (nSPS) is 14.1. The first-order chi connectivity index (χ1) is 8.08. The highest BCUT2D eigenvalue weighted by Crippen LogP contribution is 2.20. The van der Waals surface area contributed by atoms with Gasteiger partial charge in [0.05, 0.1) is 0 Å². The Hall–Kier alpha value is -1.31. The van der Waals surface area contributed by atoms with Crippen LogP contribution in [0.25, 0.3) is 0 Å². The number of rotatable bonds is 5. The van der Waals surface area contributed by atoms with Crippen LogP contribution in [0, 0.1) is 5.92 Å². The topological polar surface area (TPSA) is 29.1 Å². The van der Waals surface area contributed by atoms with Crippen LogP contribution < -0.4 is 5.32 Å². The molecule has 0 saturated heterocycles. The van der Waals surface area contributed by atoms with E-state index in [9.17, 15) is 4.79 Å². The molecule has 17 heavy (non-hydrogen) atoms. The van der Waals surface area contributed by atoms with Crippen molar-refractivity contribution >= 4 is 11.6 Å². The fourth-order valence-electron chi connectivity index (χ4n) is 1.58. The molecule has 0 radical (unpaired) electrons. The highest BCUT2D eigenvalue weighted by molar-refractivity contribution is 5.92. The molecule has 0 heterocycles. The Morgan fingerprint density at radius 3 is 2.18 bits per heavy atom. The quantitative estimate of drug-likeness (QED) is 0.812. The second-order valence-electron chi connectivity index (χ2n) is 4.73. The van der Waals surface area contributed by atoms with Crippen LogP contribution in [0.3, 0.4) is 0 Å². The van der Waals surface area contributed by atoms with Crippen molar-refractivity contribution in [2.24, 2.45) is 5.92 Å². The molecule has 0 aliphatic carbocycles. The van der Waals surface area contributed by atoms with Crippen molar-refractivity contribution in [3.63, 3.8) is 0 Å². The van der Waals surface area contributed by atoms with Crippen molar-refractivity contribution in [3.05, 3.63) is 29.8 Å². The molecule has 0 unspecified atom stereocenters. The lowest BCUT2D eigenvalue weighted by Gasteiger charge is -2.12. The van der Waals surface area contributed by atoms with Gasteiger partial charge in [-0.05, 0) is 36.5 Å². The van der Waals surface area contributed by atoms with Crippen molar-refractivity contribution in [2.45, 2.75) is 46.5 Å². The Labute approximate surface area is 104 Å². The van der Waals surface area contributed by atoms with Crippen LogP contribution in [0.1, 0.15) is 52.0 Å². The molecule has 0 aliphatic rings. The summed E-state index contributed by atoms with van der Waals surface area (Å²) in [6, 6.07) is 8.17. The molecule has 1 N–H and O–H groups in total. The summed E-state index contributed by atoms with van der Waals surface area (Å²) in [5.74, 6) is 0.752. The first-order valence-electron chi connectivity index (χ1n) is 6.49. The zero-order chi connectivity index (χ0) is 12.8. The molecule has 2 atom stereocenters. The molecule has 1 amide bonds. The smallest absolute Gasteiger partial charge is 0.227 e. The predicted molar refractivity (Wildman–Crippen MR) is 73.2 cm³/mol. The van der Waals surface area contributed by atoms with E-state index in [0.29, 0.717) is 5.92 Å². The first kappa shape index (κ1) is 13.8. The van der Waals surface area contributed by atoms with Gasteiger partial charge in [-0.1, -0.05) is 39.8 Å². The molecule has 2 nitrogen and oxygen atoms in total. The zero-order valence-electron chi connectivity index (χ0n) is 11.3. The number of carbonyl (C=O) groups is 1. The molecule has 0 aliphatic heterocycles. The lowest BCUT2D eigenvalue weighted by atomic mass is 9.98. The van der Waals surface area contributed by atoms with Gasteiger partial charge in [0.1, 0.15) is 0 Å². The Morgan fingerprint density at radius 2 is 1.71 bits per heavy atom. The minimum Gasteiger partial charge on any atom is -0.326 e. The lowest BCUT2D eigenvalue weighted by molar-refractivity contribution is -0.119. The molecule has 94 valence electrons. The van der Waals surface area contributed by atoms with E-state index >= 15 is 0 Å². The summed E-state index contributed by atoms with van der Waals surface area (Å²) in [6.45, 7) is 8.37. The molecule has 0 bridgehead atoms. The first-order valence-corrected chi connectivity index (χ1v) is 6.49. The average Bonchev–Trinajstić information content (AvgIpc) is 2.37. The fraction of sp³-hybridized carbons (Fsp3) is 0.533. The van der Waals surface area contributed by atoms with Crippen molar-refractivity contribution in [2.75, 3.05) is 5.32 Å². The maximum absolute atomic E-state index is 11.7. The maximum Gasteiger partial charge on any atom is 0.227 e. The lowest BCUT2D eigenvalue weighted by Crippen LogP contribution is -2.19. The van der Waals surface area contributed by atoms with Gasteiger partial charge in [0.2, 0.25) is 5.91 Å². The van der Waals surface area contributed by atoms with Gasteiger partial charge in [0.15, 0.2) is 0 Å². The minimum absolute atomic E-state index is 0.0734. The Balaban J connectivity index is 2.65. The summed E-state index contributed by atoms with van der Waals surface area (Å²) in [6.07, 6.45) is 2.01. The van der Waals surface area contributed by atoms with Crippen molar-refractivity contribution in [3.8, 4) is 0 Å². The Morgan fingerprint density at radius 1 is 1.12 bits per heavy atom. The molecular formula is C15H23NO. The SMILES string of the molecule is CC[C@@H](C)c1ccc(NC(=O)[C@@H](C)CC)cc1. The van der Waals surface area contributed by atoms with E-state index in [4.69, 9.17) is 0 Å². The van der Waals surface area contributed by atoms with E-state index in [1.54, 1.807) is 0 Å². The zero-order valence-corrected chi connectivity index (χ0v) is 11.3. The van der Waals surface area contributed by atoms with Crippen LogP contribution in [-0.4, -0.2) is 5.91 Å². The van der Waals surface area contributed by atoms with Gasteiger partial charge >= 0.3 is 0 Å². The van der Waals surface area contributed by atoms with E-state index in [-0.39, 0.29) is 11.8 Å². The highest BCUT2D eigenvalue weighted by Gasteiger charge is 2.10. The summed E-state index contributed by atoms with van der Waals surface area (Å²) in [5.41, 5.74) is 2.22. The average molecular weight is 233 g/mol. The van der Waals surface area contributed by atoms with Gasteiger partial charge in [-0.2, -0.15) is 0 Å². The third kappa shape index (κ3) is 3.88. The van der Waals surface area contributed by atoms with Gasteiger partial charge in [-0.25, -0.2) is 0 Å². The monoisotopic (exact) mass is 233 g/mol. The Bertz CT molecular complexity index is 356. The second kappa shape index (κ2) is 6.43. The predicted octanol–water partition coefficient (Wildman–Crippen LogP) is 4.18. The van der Waals surface area contributed by atoms with Crippen molar-refractivity contribution in [1.29, 1.82) is 0 Å². The largest absolute Gasteiger partial charge is 0.326 e. The molecule has 0 saturated carbocycles. The third-order valence-electron chi connectivity index (χ3n) is 3.42. The molecule has 1 rings (SSSR count). The summed E-state index contributed by atoms with van der Waals surface area (Å²) >= 11 is 0. The number of nitrogens with one attached hydrogen (secondary N) is 1. The van der Waals surface area contributed by atoms with Crippen molar-refractivity contribution in [1.82, 2.24) is 0 Å². The van der Waals surface area contributed by atoms with Crippen LogP contribution >= 0.6 is 0 Å². The third-order valence-corrected chi connectivity index (χ3v) is 3.42. The molecule has 0 fully saturated rings. The van der Waals surface area contributed by atoms with E-state index in [1.807, 2.05) is 26.0 Å². The second-order valence-corrected chi connectivity index (χ2v) is 4.73. The summed E-state index contributed by atoms with van der Waals surface area (Å²) < 4.78 is 0. The van der Waals surface area contributed by atoms with E-state index in [0.717, 1.165) is 18.5 Å². The molecule has 0 spiro atoms. The summed E-state index contributed by atoms with van der Waals surface area (Å²) in [5, 5.41) is 2.94. The standard InChI is InChI=1S/C15H23NO/c1-5-11(3)13-7-9-14(10-8-13)16-15(17)12(4)6-2/h7-12H,5-6H2,1-4H3,(H,16,17)/t11-,12+/m1/s1. The number of hydrogen-bond donors (Lipinski definition) is 1. The van der Waals surface area contributed by atoms with Gasteiger partial charge in [0, 0.05) is 11.6 Å². The van der Waals surface area contributed by atoms with E-state index < -0.39 is 0 Å². The molecule has 0 aromatic heterocycles. The number of benzene rings is 1. The number of hydrogen-bond acceptors (Lipinski definition) is 1. The minimum atomic E-state index is 0.0734. The highest BCUT2D eigenvalue weighted by atomic mass is 16.1. The van der Waals surface area contributed by atoms with Crippen LogP contribution in [0.5, 0.6) is 0 Å². The van der Waals surface area contributed by atoms with Gasteiger partial charge < -0.3 is 5.32 Å². The van der Waals surface area contributed by atoms with Gasteiger partial charge in [0.25, 0.3) is 0 Å². The summed E-state index contributed by atoms with van der Waals surface area (Å²) in [4.78, 5) is 11.7. The number of carbonyl (C=O) groups excluding carboxylic acids is 1.